The summed E-state index contributed by atoms with van der Waals surface area (Å²) in [5.41, 5.74) is -0.667. The van der Waals surface area contributed by atoms with Gasteiger partial charge in [0.25, 0.3) is 5.56 Å². The molecular formula is C25H22Cl2N2O8. The zero-order valence-corrected chi connectivity index (χ0v) is 20.8. The molecule has 4 rings (SSSR count). The second kappa shape index (κ2) is 11.7. The molecule has 2 N–H and O–H groups in total. The van der Waals surface area contributed by atoms with Gasteiger partial charge in [-0.05, 0) is 48.5 Å². The van der Waals surface area contributed by atoms with Crippen LogP contribution in [0.1, 0.15) is 38.9 Å². The summed E-state index contributed by atoms with van der Waals surface area (Å²) in [6.45, 7) is -0.574. The van der Waals surface area contributed by atoms with E-state index in [0.29, 0.717) is 10.0 Å². The maximum Gasteiger partial charge on any atom is 0.338 e. The minimum absolute atomic E-state index is 0.0272. The molecule has 3 atom stereocenters. The first-order chi connectivity index (χ1) is 17.7. The van der Waals surface area contributed by atoms with E-state index in [-0.39, 0.29) is 42.7 Å². The van der Waals surface area contributed by atoms with E-state index >= 15 is 0 Å². The van der Waals surface area contributed by atoms with E-state index in [0.717, 1.165) is 4.57 Å². The Bertz CT molecular complexity index is 1390. The molecule has 2 aromatic carbocycles. The lowest BCUT2D eigenvalue weighted by molar-refractivity contribution is -0.0583. The van der Waals surface area contributed by atoms with Crippen LogP contribution in [0.3, 0.4) is 0 Å². The lowest BCUT2D eigenvalue weighted by atomic mass is 10.1. The minimum atomic E-state index is -0.941. The first-order valence-electron chi connectivity index (χ1n) is 11.2. The monoisotopic (exact) mass is 548 g/mol. The summed E-state index contributed by atoms with van der Waals surface area (Å²) in [7, 11) is 0. The molecule has 1 aromatic heterocycles. The van der Waals surface area contributed by atoms with Crippen LogP contribution in [0.2, 0.25) is 10.0 Å². The smallest absolute Gasteiger partial charge is 0.338 e. The molecule has 3 aromatic rings. The largest absolute Gasteiger partial charge is 0.459 e. The number of ether oxygens (including phenoxy) is 3. The number of nitrogens with zero attached hydrogens (tertiary/aromatic N) is 1. The molecule has 0 radical (unpaired) electrons. The molecule has 0 aliphatic carbocycles. The number of carbonyl (C=O) groups excluding carboxylic acids is 2. The quantitative estimate of drug-likeness (QED) is 0.410. The highest BCUT2D eigenvalue weighted by atomic mass is 35.5. The highest BCUT2D eigenvalue weighted by Crippen LogP contribution is 2.31. The van der Waals surface area contributed by atoms with Crippen LogP contribution >= 0.6 is 23.2 Å². The van der Waals surface area contributed by atoms with Gasteiger partial charge >= 0.3 is 17.6 Å². The van der Waals surface area contributed by atoms with Crippen molar-refractivity contribution in [3.05, 3.63) is 102 Å². The van der Waals surface area contributed by atoms with Gasteiger partial charge in [-0.3, -0.25) is 14.3 Å². The van der Waals surface area contributed by atoms with E-state index in [9.17, 15) is 24.3 Å². The van der Waals surface area contributed by atoms with Gasteiger partial charge in [0.15, 0.2) is 0 Å². The molecule has 0 amide bonds. The molecule has 1 aliphatic rings. The van der Waals surface area contributed by atoms with Crippen molar-refractivity contribution in [3.63, 3.8) is 0 Å². The normalized spacial score (nSPS) is 18.9. The van der Waals surface area contributed by atoms with Crippen LogP contribution in [0.4, 0.5) is 0 Å². The predicted octanol–water partition coefficient (Wildman–Crippen LogP) is 2.75. The van der Waals surface area contributed by atoms with Gasteiger partial charge in [0.05, 0.1) is 11.1 Å². The van der Waals surface area contributed by atoms with Gasteiger partial charge in [0.2, 0.25) is 0 Å². The number of nitrogens with one attached hydrogen (secondary N) is 1. The number of aliphatic hydroxyl groups excluding tert-OH is 1. The summed E-state index contributed by atoms with van der Waals surface area (Å²) in [6, 6.07) is 12.2. The fourth-order valence-electron chi connectivity index (χ4n) is 3.80. The van der Waals surface area contributed by atoms with Crippen LogP contribution in [-0.4, -0.2) is 52.0 Å². The highest BCUT2D eigenvalue weighted by Gasteiger charge is 2.40. The van der Waals surface area contributed by atoms with Crippen LogP contribution in [-0.2, 0) is 20.6 Å². The first-order valence-corrected chi connectivity index (χ1v) is 12.0. The molecule has 2 heterocycles. The highest BCUT2D eigenvalue weighted by molar-refractivity contribution is 6.31. The van der Waals surface area contributed by atoms with Crippen LogP contribution in [0, 0.1) is 0 Å². The van der Waals surface area contributed by atoms with E-state index in [1.807, 2.05) is 0 Å². The van der Waals surface area contributed by atoms with Crippen LogP contribution < -0.4 is 11.2 Å². The van der Waals surface area contributed by atoms with Gasteiger partial charge in [-0.2, -0.15) is 0 Å². The van der Waals surface area contributed by atoms with Gasteiger partial charge in [-0.25, -0.2) is 14.4 Å². The van der Waals surface area contributed by atoms with Crippen molar-refractivity contribution in [2.75, 3.05) is 13.2 Å². The molecule has 0 spiro atoms. The number of aliphatic hydroxyl groups is 1. The minimum Gasteiger partial charge on any atom is -0.459 e. The molecule has 1 fully saturated rings. The number of carbonyl (C=O) groups is 2. The Hall–Kier alpha value is -3.44. The van der Waals surface area contributed by atoms with Crippen LogP contribution in [0.15, 0.2) is 64.3 Å². The van der Waals surface area contributed by atoms with Gasteiger partial charge < -0.3 is 19.3 Å². The van der Waals surface area contributed by atoms with Gasteiger partial charge in [-0.15, -0.1) is 0 Å². The number of hydrogen-bond donors (Lipinski definition) is 2. The summed E-state index contributed by atoms with van der Waals surface area (Å²) in [5.74, 6) is -1.30. The van der Waals surface area contributed by atoms with Crippen molar-refractivity contribution in [3.8, 4) is 0 Å². The number of halogens is 2. The molecule has 0 saturated carbocycles. The van der Waals surface area contributed by atoms with E-state index < -0.39 is 41.6 Å². The lowest BCUT2D eigenvalue weighted by Crippen LogP contribution is -2.34. The molecule has 1 aliphatic heterocycles. The maximum atomic E-state index is 12.8. The van der Waals surface area contributed by atoms with Crippen molar-refractivity contribution in [2.24, 2.45) is 0 Å². The Morgan fingerprint density at radius 2 is 1.59 bits per heavy atom. The fourth-order valence-corrected chi connectivity index (χ4v) is 4.06. The van der Waals surface area contributed by atoms with Crippen molar-refractivity contribution >= 4 is 35.1 Å². The standard InChI is InChI=1S/C25H22Cl2N2O8/c26-17-5-1-14(2-6-17)23(32)35-13-20-19(37-24(33)15-3-7-18(27)8-4-15)11-21(36-20)29-12-16(9-10-30)22(31)28-25(29)34/h1-8,12,19-21,30H,9-11,13H2,(H,28,31,34)/t19-,20+,21-/m0/s1. The molecule has 0 unspecified atom stereocenters. The molecule has 0 bridgehead atoms. The van der Waals surface area contributed by atoms with E-state index in [1.54, 1.807) is 24.3 Å². The van der Waals surface area contributed by atoms with Crippen molar-refractivity contribution in [1.29, 1.82) is 0 Å². The fraction of sp³-hybridized carbons (Fsp3) is 0.280. The van der Waals surface area contributed by atoms with Crippen LogP contribution in [0.25, 0.3) is 0 Å². The second-order valence-corrected chi connectivity index (χ2v) is 9.09. The van der Waals surface area contributed by atoms with E-state index in [4.69, 9.17) is 37.4 Å². The van der Waals surface area contributed by atoms with Crippen molar-refractivity contribution in [2.45, 2.75) is 31.3 Å². The Labute approximate surface area is 220 Å². The third kappa shape index (κ3) is 6.47. The zero-order valence-electron chi connectivity index (χ0n) is 19.3. The maximum absolute atomic E-state index is 12.8. The first kappa shape index (κ1) is 26.6. The SMILES string of the molecule is O=C(OC[C@H]1O[C@H](n2cc(CCO)c(=O)[nH]c2=O)C[C@@H]1OC(=O)c1ccc(Cl)cc1)c1ccc(Cl)cc1. The Balaban J connectivity index is 1.55. The Kier molecular flexibility index (Phi) is 8.45. The average molecular weight is 549 g/mol. The average Bonchev–Trinajstić information content (AvgIpc) is 3.27. The summed E-state index contributed by atoms with van der Waals surface area (Å²) < 4.78 is 18.1. The van der Waals surface area contributed by atoms with E-state index in [2.05, 4.69) is 4.98 Å². The number of aromatic amines is 1. The summed E-state index contributed by atoms with van der Waals surface area (Å²) in [5, 5.41) is 10.1. The molecule has 37 heavy (non-hydrogen) atoms. The summed E-state index contributed by atoms with van der Waals surface area (Å²) in [4.78, 5) is 52.0. The van der Waals surface area contributed by atoms with E-state index in [1.165, 1.54) is 30.5 Å². The molecule has 1 saturated heterocycles. The number of hydrogen-bond acceptors (Lipinski definition) is 8. The number of benzene rings is 2. The second-order valence-electron chi connectivity index (χ2n) is 8.22. The molecule has 12 heteroatoms. The van der Waals surface area contributed by atoms with Crippen LogP contribution in [0.5, 0.6) is 0 Å². The van der Waals surface area contributed by atoms with Gasteiger partial charge in [-0.1, -0.05) is 23.2 Å². The van der Waals surface area contributed by atoms with Crippen molar-refractivity contribution < 1.29 is 28.9 Å². The number of aromatic nitrogens is 2. The molecule has 10 nitrogen and oxygen atoms in total. The van der Waals surface area contributed by atoms with Gasteiger partial charge in [0.1, 0.15) is 25.0 Å². The summed E-state index contributed by atoms with van der Waals surface area (Å²) >= 11 is 11.7. The third-order valence-electron chi connectivity index (χ3n) is 5.71. The molecular weight excluding hydrogens is 527 g/mol. The summed E-state index contributed by atoms with van der Waals surface area (Å²) in [6.07, 6.45) is -1.40. The number of esters is 2. The predicted molar refractivity (Wildman–Crippen MR) is 133 cm³/mol. The van der Waals surface area contributed by atoms with Gasteiger partial charge in [0, 0.05) is 41.3 Å². The zero-order chi connectivity index (χ0) is 26.5. The lowest BCUT2D eigenvalue weighted by Gasteiger charge is -2.19. The Morgan fingerprint density at radius 1 is 1.00 bits per heavy atom. The number of rotatable bonds is 8. The third-order valence-corrected chi connectivity index (χ3v) is 6.21. The topological polar surface area (TPSA) is 137 Å². The Morgan fingerprint density at radius 3 is 2.19 bits per heavy atom. The number of H-pyrrole nitrogens is 1. The molecule has 194 valence electrons. The van der Waals surface area contributed by atoms with Crippen molar-refractivity contribution in [1.82, 2.24) is 9.55 Å².